The number of nitrogens with one attached hydrogen (secondary N) is 1. The maximum Gasteiger partial charge on any atom is 0.220 e. The maximum atomic E-state index is 13.2. The van der Waals surface area contributed by atoms with Crippen LogP contribution >= 0.6 is 0 Å². The number of ether oxygens (including phenoxy) is 2. The van der Waals surface area contributed by atoms with E-state index in [0.29, 0.717) is 24.3 Å². The molecule has 0 aliphatic heterocycles. The number of amides is 1. The number of hydrogen-bond acceptors (Lipinski definition) is 4. The SMILES string of the molecule is COc1ccc(CCC(=O)NC(CCN(C)C)c2ccc(F)cc2)cc1OC. The Labute approximate surface area is 166 Å². The fraction of sp³-hybridized carbons (Fsp3) is 0.409. The molecule has 2 aromatic rings. The molecule has 5 nitrogen and oxygen atoms in total. The largest absolute Gasteiger partial charge is 0.493 e. The quantitative estimate of drug-likeness (QED) is 0.676. The minimum absolute atomic E-state index is 0.0390. The zero-order valence-corrected chi connectivity index (χ0v) is 17.0. The lowest BCUT2D eigenvalue weighted by atomic mass is 10.0. The summed E-state index contributed by atoms with van der Waals surface area (Å²) in [6.07, 6.45) is 1.70. The predicted molar refractivity (Wildman–Crippen MR) is 108 cm³/mol. The first kappa shape index (κ1) is 21.7. The van der Waals surface area contributed by atoms with Crippen LogP contribution in [-0.4, -0.2) is 45.7 Å². The van der Waals surface area contributed by atoms with Crippen molar-refractivity contribution >= 4 is 5.91 Å². The van der Waals surface area contributed by atoms with Gasteiger partial charge in [0.2, 0.25) is 5.91 Å². The van der Waals surface area contributed by atoms with E-state index in [1.807, 2.05) is 32.3 Å². The number of methoxy groups -OCH3 is 2. The van der Waals surface area contributed by atoms with Crippen molar-refractivity contribution in [1.82, 2.24) is 10.2 Å². The Morgan fingerprint density at radius 3 is 2.36 bits per heavy atom. The average Bonchev–Trinajstić information content (AvgIpc) is 2.69. The highest BCUT2D eigenvalue weighted by Gasteiger charge is 2.15. The van der Waals surface area contributed by atoms with E-state index in [-0.39, 0.29) is 17.8 Å². The zero-order valence-electron chi connectivity index (χ0n) is 17.0. The third-order valence-corrected chi connectivity index (χ3v) is 4.56. The van der Waals surface area contributed by atoms with Gasteiger partial charge in [0.25, 0.3) is 0 Å². The molecule has 0 aliphatic rings. The van der Waals surface area contributed by atoms with Crippen molar-refractivity contribution in [2.45, 2.75) is 25.3 Å². The summed E-state index contributed by atoms with van der Waals surface area (Å²) in [5, 5.41) is 3.09. The zero-order chi connectivity index (χ0) is 20.5. The van der Waals surface area contributed by atoms with Gasteiger partial charge in [0.05, 0.1) is 20.3 Å². The monoisotopic (exact) mass is 388 g/mol. The summed E-state index contributed by atoms with van der Waals surface area (Å²) in [7, 11) is 7.15. The molecule has 0 bridgehead atoms. The van der Waals surface area contributed by atoms with Crippen LogP contribution in [0, 0.1) is 5.82 Å². The number of halogens is 1. The molecular weight excluding hydrogens is 359 g/mol. The molecule has 1 amide bonds. The lowest BCUT2D eigenvalue weighted by Crippen LogP contribution is -2.31. The molecule has 6 heteroatoms. The highest BCUT2D eigenvalue weighted by Crippen LogP contribution is 2.28. The van der Waals surface area contributed by atoms with E-state index < -0.39 is 0 Å². The van der Waals surface area contributed by atoms with Crippen molar-refractivity contribution in [3.63, 3.8) is 0 Å². The van der Waals surface area contributed by atoms with E-state index in [1.165, 1.54) is 12.1 Å². The summed E-state index contributed by atoms with van der Waals surface area (Å²) in [5.74, 6) is 0.990. The van der Waals surface area contributed by atoms with Crippen LogP contribution in [0.4, 0.5) is 4.39 Å². The summed E-state index contributed by atoms with van der Waals surface area (Å²) < 4.78 is 23.8. The number of carbonyl (C=O) groups is 1. The number of nitrogens with zero attached hydrogens (tertiary/aromatic N) is 1. The van der Waals surface area contributed by atoms with Gasteiger partial charge >= 0.3 is 0 Å². The molecule has 1 unspecified atom stereocenters. The maximum absolute atomic E-state index is 13.2. The Morgan fingerprint density at radius 1 is 1.07 bits per heavy atom. The summed E-state index contributed by atoms with van der Waals surface area (Å²) in [6, 6.07) is 11.8. The van der Waals surface area contributed by atoms with Crippen LogP contribution in [0.2, 0.25) is 0 Å². The van der Waals surface area contributed by atoms with Gasteiger partial charge in [0.15, 0.2) is 11.5 Å². The van der Waals surface area contributed by atoms with Crippen LogP contribution < -0.4 is 14.8 Å². The van der Waals surface area contributed by atoms with E-state index in [0.717, 1.165) is 24.1 Å². The number of rotatable bonds is 10. The van der Waals surface area contributed by atoms with Crippen LogP contribution in [0.3, 0.4) is 0 Å². The molecule has 1 N–H and O–H groups in total. The highest BCUT2D eigenvalue weighted by molar-refractivity contribution is 5.76. The number of carbonyl (C=O) groups excluding carboxylic acids is 1. The fourth-order valence-electron chi connectivity index (χ4n) is 2.97. The highest BCUT2D eigenvalue weighted by atomic mass is 19.1. The third kappa shape index (κ3) is 6.53. The summed E-state index contributed by atoms with van der Waals surface area (Å²) >= 11 is 0. The molecule has 2 rings (SSSR count). The van der Waals surface area contributed by atoms with Crippen molar-refractivity contribution in [2.24, 2.45) is 0 Å². The van der Waals surface area contributed by atoms with Gasteiger partial charge in [-0.15, -0.1) is 0 Å². The minimum atomic E-state index is -0.283. The van der Waals surface area contributed by atoms with Crippen LogP contribution in [0.15, 0.2) is 42.5 Å². The molecular formula is C22H29FN2O3. The van der Waals surface area contributed by atoms with Crippen LogP contribution in [-0.2, 0) is 11.2 Å². The molecule has 1 atom stereocenters. The second-order valence-electron chi connectivity index (χ2n) is 6.95. The molecule has 0 radical (unpaired) electrons. The van der Waals surface area contributed by atoms with Crippen molar-refractivity contribution in [2.75, 3.05) is 34.9 Å². The third-order valence-electron chi connectivity index (χ3n) is 4.56. The lowest BCUT2D eigenvalue weighted by Gasteiger charge is -2.21. The van der Waals surface area contributed by atoms with Crippen molar-refractivity contribution in [1.29, 1.82) is 0 Å². The van der Waals surface area contributed by atoms with Crippen LogP contribution in [0.1, 0.15) is 30.0 Å². The fourth-order valence-corrected chi connectivity index (χ4v) is 2.97. The summed E-state index contributed by atoms with van der Waals surface area (Å²) in [5.41, 5.74) is 1.90. The molecule has 28 heavy (non-hydrogen) atoms. The van der Waals surface area contributed by atoms with E-state index in [2.05, 4.69) is 10.2 Å². The Morgan fingerprint density at radius 2 is 1.75 bits per heavy atom. The van der Waals surface area contributed by atoms with Crippen LogP contribution in [0.25, 0.3) is 0 Å². The standard InChI is InChI=1S/C22H29FN2O3/c1-25(2)14-13-19(17-7-9-18(23)10-8-17)24-22(26)12-6-16-5-11-20(27-3)21(15-16)28-4/h5,7-11,15,19H,6,12-14H2,1-4H3,(H,24,26). The molecule has 0 aliphatic carbocycles. The first-order valence-corrected chi connectivity index (χ1v) is 9.33. The molecule has 0 spiro atoms. The van der Waals surface area contributed by atoms with Gasteiger partial charge in [-0.1, -0.05) is 18.2 Å². The topological polar surface area (TPSA) is 50.8 Å². The van der Waals surface area contributed by atoms with E-state index >= 15 is 0 Å². The predicted octanol–water partition coefficient (Wildman–Crippen LogP) is 3.58. The Balaban J connectivity index is 1.99. The molecule has 152 valence electrons. The van der Waals surface area contributed by atoms with Gasteiger partial charge in [-0.05, 0) is 68.9 Å². The molecule has 0 saturated carbocycles. The van der Waals surface area contributed by atoms with Crippen molar-refractivity contribution < 1.29 is 18.7 Å². The molecule has 0 aromatic heterocycles. The van der Waals surface area contributed by atoms with Crippen molar-refractivity contribution in [3.8, 4) is 11.5 Å². The first-order chi connectivity index (χ1) is 13.4. The Bertz CT molecular complexity index is 763. The first-order valence-electron chi connectivity index (χ1n) is 9.33. The summed E-state index contributed by atoms with van der Waals surface area (Å²) in [4.78, 5) is 14.6. The lowest BCUT2D eigenvalue weighted by molar-refractivity contribution is -0.121. The molecule has 0 heterocycles. The number of aryl methyl sites for hydroxylation is 1. The van der Waals surface area contributed by atoms with E-state index in [4.69, 9.17) is 9.47 Å². The normalized spacial score (nSPS) is 11.9. The second-order valence-corrected chi connectivity index (χ2v) is 6.95. The molecule has 0 fully saturated rings. The van der Waals surface area contributed by atoms with Crippen molar-refractivity contribution in [3.05, 3.63) is 59.4 Å². The minimum Gasteiger partial charge on any atom is -0.493 e. The average molecular weight is 388 g/mol. The van der Waals surface area contributed by atoms with E-state index in [9.17, 15) is 9.18 Å². The van der Waals surface area contributed by atoms with Gasteiger partial charge < -0.3 is 19.7 Å². The van der Waals surface area contributed by atoms with Gasteiger partial charge in [-0.3, -0.25) is 4.79 Å². The second kappa shape index (κ2) is 10.7. The molecule has 0 saturated heterocycles. The number of benzene rings is 2. The Hall–Kier alpha value is -2.60. The van der Waals surface area contributed by atoms with Gasteiger partial charge in [-0.2, -0.15) is 0 Å². The van der Waals surface area contributed by atoms with Gasteiger partial charge in [0.1, 0.15) is 5.82 Å². The van der Waals surface area contributed by atoms with Gasteiger partial charge in [-0.25, -0.2) is 4.39 Å². The smallest absolute Gasteiger partial charge is 0.220 e. The molecule has 2 aromatic carbocycles. The van der Waals surface area contributed by atoms with Crippen LogP contribution in [0.5, 0.6) is 11.5 Å². The Kier molecular flexibility index (Phi) is 8.26. The summed E-state index contributed by atoms with van der Waals surface area (Å²) in [6.45, 7) is 0.817. The van der Waals surface area contributed by atoms with Gasteiger partial charge in [0, 0.05) is 6.42 Å². The van der Waals surface area contributed by atoms with E-state index in [1.54, 1.807) is 26.4 Å². The number of hydrogen-bond donors (Lipinski definition) is 1.